The van der Waals surface area contributed by atoms with E-state index in [4.69, 9.17) is 10.5 Å². The highest BCUT2D eigenvalue weighted by molar-refractivity contribution is 5.94. The Kier molecular flexibility index (Phi) is 4.73. The van der Waals surface area contributed by atoms with E-state index in [2.05, 4.69) is 15.3 Å². The normalized spacial score (nSPS) is 15.9. The lowest BCUT2D eigenvalue weighted by atomic mass is 10.1. The van der Waals surface area contributed by atoms with Gasteiger partial charge in [-0.3, -0.25) is 4.79 Å². The standard InChI is InChI=1S/C13H21N5O2/c1-3-20-12-10(11(14)19)8-16-13(17-12)18(2)9-4-6-15-7-5-9/h8-9,15H,3-7H2,1-2H3,(H2,14,19). The Morgan fingerprint density at radius 2 is 2.25 bits per heavy atom. The summed E-state index contributed by atoms with van der Waals surface area (Å²) in [5, 5.41) is 3.32. The SMILES string of the molecule is CCOc1nc(N(C)C2CCNCC2)ncc1C(N)=O. The van der Waals surface area contributed by atoms with E-state index in [-0.39, 0.29) is 11.4 Å². The van der Waals surface area contributed by atoms with Gasteiger partial charge >= 0.3 is 0 Å². The zero-order chi connectivity index (χ0) is 14.5. The molecule has 2 heterocycles. The maximum Gasteiger partial charge on any atom is 0.255 e. The minimum Gasteiger partial charge on any atom is -0.477 e. The molecule has 0 spiro atoms. The minimum absolute atomic E-state index is 0.217. The van der Waals surface area contributed by atoms with Crippen LogP contribution in [-0.4, -0.2) is 48.7 Å². The smallest absolute Gasteiger partial charge is 0.255 e. The summed E-state index contributed by atoms with van der Waals surface area (Å²) in [6.45, 7) is 4.25. The lowest BCUT2D eigenvalue weighted by Gasteiger charge is -2.31. The van der Waals surface area contributed by atoms with E-state index < -0.39 is 5.91 Å². The van der Waals surface area contributed by atoms with Crippen molar-refractivity contribution >= 4 is 11.9 Å². The Morgan fingerprint density at radius 3 is 2.85 bits per heavy atom. The van der Waals surface area contributed by atoms with Crippen LogP contribution in [0.2, 0.25) is 0 Å². The van der Waals surface area contributed by atoms with Gasteiger partial charge in [-0.05, 0) is 32.9 Å². The molecule has 1 saturated heterocycles. The fraction of sp³-hybridized carbons (Fsp3) is 0.615. The number of nitrogens with one attached hydrogen (secondary N) is 1. The van der Waals surface area contributed by atoms with Crippen LogP contribution in [0, 0.1) is 0 Å². The predicted molar refractivity (Wildman–Crippen MR) is 76.0 cm³/mol. The van der Waals surface area contributed by atoms with Crippen LogP contribution < -0.4 is 20.7 Å². The number of carbonyl (C=O) groups excluding carboxylic acids is 1. The fourth-order valence-corrected chi connectivity index (χ4v) is 2.30. The number of nitrogens with two attached hydrogens (primary N) is 1. The van der Waals surface area contributed by atoms with Crippen LogP contribution in [0.25, 0.3) is 0 Å². The van der Waals surface area contributed by atoms with Crippen molar-refractivity contribution < 1.29 is 9.53 Å². The molecule has 20 heavy (non-hydrogen) atoms. The highest BCUT2D eigenvalue weighted by Gasteiger charge is 2.22. The van der Waals surface area contributed by atoms with Crippen molar-refractivity contribution in [2.75, 3.05) is 31.6 Å². The second kappa shape index (κ2) is 6.51. The third kappa shape index (κ3) is 3.16. The van der Waals surface area contributed by atoms with E-state index in [1.54, 1.807) is 0 Å². The Balaban J connectivity index is 2.22. The molecule has 1 aliphatic heterocycles. The number of carbonyl (C=O) groups is 1. The molecule has 1 fully saturated rings. The minimum atomic E-state index is -0.579. The van der Waals surface area contributed by atoms with Gasteiger partial charge in [-0.15, -0.1) is 0 Å². The first-order chi connectivity index (χ1) is 9.63. The second-order valence-corrected chi connectivity index (χ2v) is 4.78. The van der Waals surface area contributed by atoms with Crippen LogP contribution in [0.15, 0.2) is 6.20 Å². The highest BCUT2D eigenvalue weighted by Crippen LogP contribution is 2.21. The maximum absolute atomic E-state index is 11.3. The van der Waals surface area contributed by atoms with Crippen molar-refractivity contribution in [3.8, 4) is 5.88 Å². The molecule has 0 radical (unpaired) electrons. The molecule has 0 unspecified atom stereocenters. The zero-order valence-electron chi connectivity index (χ0n) is 11.9. The number of piperidine rings is 1. The predicted octanol–water partition coefficient (Wildman–Crippen LogP) is 0.162. The highest BCUT2D eigenvalue weighted by atomic mass is 16.5. The molecule has 110 valence electrons. The molecule has 0 atom stereocenters. The second-order valence-electron chi connectivity index (χ2n) is 4.78. The molecule has 1 aromatic heterocycles. The number of rotatable bonds is 5. The summed E-state index contributed by atoms with van der Waals surface area (Å²) in [6.07, 6.45) is 3.52. The molecule has 3 N–H and O–H groups in total. The lowest BCUT2D eigenvalue weighted by molar-refractivity contribution is 0.0995. The summed E-state index contributed by atoms with van der Waals surface area (Å²) in [5.41, 5.74) is 5.51. The van der Waals surface area contributed by atoms with Gasteiger partial charge in [0.15, 0.2) is 0 Å². The quantitative estimate of drug-likeness (QED) is 0.797. The Labute approximate surface area is 118 Å². The largest absolute Gasteiger partial charge is 0.477 e. The van der Waals surface area contributed by atoms with E-state index in [1.165, 1.54) is 6.20 Å². The van der Waals surface area contributed by atoms with Gasteiger partial charge in [-0.25, -0.2) is 4.98 Å². The van der Waals surface area contributed by atoms with Crippen LogP contribution in [-0.2, 0) is 0 Å². The van der Waals surface area contributed by atoms with Gasteiger partial charge in [0.2, 0.25) is 11.8 Å². The number of ether oxygens (including phenoxy) is 1. The van der Waals surface area contributed by atoms with Crippen LogP contribution in [0.4, 0.5) is 5.95 Å². The number of amides is 1. The van der Waals surface area contributed by atoms with Gasteiger partial charge in [0.1, 0.15) is 5.56 Å². The summed E-state index contributed by atoms with van der Waals surface area (Å²) in [6, 6.07) is 0.394. The van der Waals surface area contributed by atoms with Gasteiger partial charge in [-0.1, -0.05) is 0 Å². The van der Waals surface area contributed by atoms with Gasteiger partial charge in [0, 0.05) is 19.3 Å². The molecular weight excluding hydrogens is 258 g/mol. The molecule has 7 nitrogen and oxygen atoms in total. The number of hydrogen-bond donors (Lipinski definition) is 2. The topological polar surface area (TPSA) is 93.4 Å². The summed E-state index contributed by atoms with van der Waals surface area (Å²) in [7, 11) is 1.96. The average Bonchev–Trinajstić information content (AvgIpc) is 2.47. The number of anilines is 1. The molecule has 7 heteroatoms. The number of primary amides is 1. The van der Waals surface area contributed by atoms with E-state index in [1.807, 2.05) is 18.9 Å². The van der Waals surface area contributed by atoms with Gasteiger partial charge in [-0.2, -0.15) is 4.98 Å². The summed E-state index contributed by atoms with van der Waals surface area (Å²) in [5.74, 6) is 0.237. The van der Waals surface area contributed by atoms with Crippen molar-refractivity contribution in [1.29, 1.82) is 0 Å². The number of hydrogen-bond acceptors (Lipinski definition) is 6. The van der Waals surface area contributed by atoms with E-state index in [0.29, 0.717) is 18.6 Å². The molecule has 1 amide bonds. The van der Waals surface area contributed by atoms with Crippen LogP contribution in [0.5, 0.6) is 5.88 Å². The van der Waals surface area contributed by atoms with Crippen molar-refractivity contribution in [3.05, 3.63) is 11.8 Å². The Hall–Kier alpha value is -1.89. The van der Waals surface area contributed by atoms with Gasteiger partial charge in [0.05, 0.1) is 6.61 Å². The first-order valence-electron chi connectivity index (χ1n) is 6.86. The molecule has 0 aliphatic carbocycles. The first kappa shape index (κ1) is 14.5. The molecule has 0 bridgehead atoms. The third-order valence-corrected chi connectivity index (χ3v) is 3.46. The van der Waals surface area contributed by atoms with E-state index in [9.17, 15) is 4.79 Å². The summed E-state index contributed by atoms with van der Waals surface area (Å²) >= 11 is 0. The molecule has 0 aromatic carbocycles. The molecule has 0 saturated carbocycles. The van der Waals surface area contributed by atoms with Crippen LogP contribution in [0.3, 0.4) is 0 Å². The first-order valence-corrected chi connectivity index (χ1v) is 6.86. The molecule has 1 aliphatic rings. The number of aromatic nitrogens is 2. The Bertz CT molecular complexity index is 474. The van der Waals surface area contributed by atoms with Gasteiger partial charge < -0.3 is 20.7 Å². The molecule has 1 aromatic rings. The van der Waals surface area contributed by atoms with E-state index >= 15 is 0 Å². The Morgan fingerprint density at radius 1 is 1.55 bits per heavy atom. The van der Waals surface area contributed by atoms with Crippen molar-refractivity contribution in [2.24, 2.45) is 5.73 Å². The average molecular weight is 279 g/mol. The van der Waals surface area contributed by atoms with Gasteiger partial charge in [0.25, 0.3) is 5.91 Å². The molecular formula is C13H21N5O2. The van der Waals surface area contributed by atoms with Crippen LogP contribution >= 0.6 is 0 Å². The lowest BCUT2D eigenvalue weighted by Crippen LogP contribution is -2.42. The number of nitrogens with zero attached hydrogens (tertiary/aromatic N) is 3. The third-order valence-electron chi connectivity index (χ3n) is 3.46. The van der Waals surface area contributed by atoms with Crippen LogP contribution in [0.1, 0.15) is 30.1 Å². The monoisotopic (exact) mass is 279 g/mol. The maximum atomic E-state index is 11.3. The summed E-state index contributed by atoms with van der Waals surface area (Å²) < 4.78 is 5.39. The van der Waals surface area contributed by atoms with Crippen molar-refractivity contribution in [3.63, 3.8) is 0 Å². The molecule has 2 rings (SSSR count). The van der Waals surface area contributed by atoms with Crippen molar-refractivity contribution in [2.45, 2.75) is 25.8 Å². The zero-order valence-corrected chi connectivity index (χ0v) is 11.9. The fourth-order valence-electron chi connectivity index (χ4n) is 2.30. The summed E-state index contributed by atoms with van der Waals surface area (Å²) in [4.78, 5) is 21.9. The van der Waals surface area contributed by atoms with Crippen molar-refractivity contribution in [1.82, 2.24) is 15.3 Å². The van der Waals surface area contributed by atoms with E-state index in [0.717, 1.165) is 25.9 Å².